The lowest BCUT2D eigenvalue weighted by molar-refractivity contribution is 0.0854. The van der Waals surface area contributed by atoms with Gasteiger partial charge in [-0.25, -0.2) is 4.98 Å². The number of rotatable bonds is 3. The van der Waals surface area contributed by atoms with Gasteiger partial charge in [-0.15, -0.1) is 0 Å². The van der Waals surface area contributed by atoms with Crippen molar-refractivity contribution >= 4 is 27.7 Å². The van der Waals surface area contributed by atoms with E-state index in [0.717, 1.165) is 46.9 Å². The molecule has 4 rings (SSSR count). The molecule has 5 nitrogen and oxygen atoms in total. The average Bonchev–Trinajstić information content (AvgIpc) is 3.21. The zero-order valence-corrected chi connectivity index (χ0v) is 13.1. The zero-order chi connectivity index (χ0) is 15.8. The minimum atomic E-state index is -0.141. The van der Waals surface area contributed by atoms with Gasteiger partial charge in [0, 0.05) is 29.6 Å². The van der Waals surface area contributed by atoms with Crippen molar-refractivity contribution in [3.8, 4) is 0 Å². The molecular weight excluding hydrogens is 290 g/mol. The SMILES string of the molecule is Cc1ccc2ccc3cc(C(=O)NC[C@@H]4CCCO4)nc3c2[nH]1. The maximum atomic E-state index is 12.3. The molecule has 2 N–H and O–H groups in total. The fourth-order valence-corrected chi connectivity index (χ4v) is 3.10. The summed E-state index contributed by atoms with van der Waals surface area (Å²) < 4.78 is 5.53. The molecule has 3 heterocycles. The summed E-state index contributed by atoms with van der Waals surface area (Å²) in [5, 5.41) is 4.99. The first kappa shape index (κ1) is 14.2. The predicted octanol–water partition coefficient (Wildman–Crippen LogP) is 2.93. The number of aryl methyl sites for hydroxylation is 1. The number of hydrogen-bond donors (Lipinski definition) is 2. The molecule has 0 spiro atoms. The van der Waals surface area contributed by atoms with Gasteiger partial charge in [-0.1, -0.05) is 18.2 Å². The number of hydrogen-bond acceptors (Lipinski definition) is 3. The molecule has 3 aromatic rings. The highest BCUT2D eigenvalue weighted by Crippen LogP contribution is 2.24. The molecule has 23 heavy (non-hydrogen) atoms. The molecule has 0 aliphatic carbocycles. The van der Waals surface area contributed by atoms with Crippen molar-refractivity contribution in [1.29, 1.82) is 0 Å². The van der Waals surface area contributed by atoms with Crippen LogP contribution in [0.4, 0.5) is 0 Å². The number of pyridine rings is 1. The van der Waals surface area contributed by atoms with Gasteiger partial charge >= 0.3 is 0 Å². The Morgan fingerprint density at radius 2 is 2.17 bits per heavy atom. The number of H-pyrrole nitrogens is 1. The second-order valence-corrected chi connectivity index (χ2v) is 6.10. The van der Waals surface area contributed by atoms with Gasteiger partial charge in [0.1, 0.15) is 5.69 Å². The van der Waals surface area contributed by atoms with E-state index in [1.807, 2.05) is 31.2 Å². The van der Waals surface area contributed by atoms with Crippen molar-refractivity contribution in [2.45, 2.75) is 25.9 Å². The molecule has 1 aliphatic heterocycles. The number of carbonyl (C=O) groups is 1. The van der Waals surface area contributed by atoms with Crippen LogP contribution in [0.3, 0.4) is 0 Å². The van der Waals surface area contributed by atoms with Crippen LogP contribution in [-0.2, 0) is 4.74 Å². The largest absolute Gasteiger partial charge is 0.376 e. The predicted molar refractivity (Wildman–Crippen MR) is 89.6 cm³/mol. The third kappa shape index (κ3) is 2.68. The Morgan fingerprint density at radius 1 is 1.35 bits per heavy atom. The number of ether oxygens (including phenoxy) is 1. The normalized spacial score (nSPS) is 17.9. The molecule has 0 unspecified atom stereocenters. The van der Waals surface area contributed by atoms with E-state index in [4.69, 9.17) is 4.74 Å². The molecule has 2 aromatic heterocycles. The molecule has 0 saturated carbocycles. The fraction of sp³-hybridized carbons (Fsp3) is 0.333. The van der Waals surface area contributed by atoms with Crippen molar-refractivity contribution in [2.24, 2.45) is 0 Å². The van der Waals surface area contributed by atoms with Crippen molar-refractivity contribution in [2.75, 3.05) is 13.2 Å². The quantitative estimate of drug-likeness (QED) is 0.781. The second-order valence-electron chi connectivity index (χ2n) is 6.10. The van der Waals surface area contributed by atoms with E-state index >= 15 is 0 Å². The topological polar surface area (TPSA) is 67.0 Å². The minimum Gasteiger partial charge on any atom is -0.376 e. The minimum absolute atomic E-state index is 0.139. The van der Waals surface area contributed by atoms with Crippen LogP contribution in [0.25, 0.3) is 21.8 Å². The Bertz CT molecular complexity index is 878. The summed E-state index contributed by atoms with van der Waals surface area (Å²) in [5.74, 6) is -0.141. The van der Waals surface area contributed by atoms with E-state index in [1.165, 1.54) is 0 Å². The summed E-state index contributed by atoms with van der Waals surface area (Å²) in [5.41, 5.74) is 3.34. The number of benzene rings is 1. The number of carbonyl (C=O) groups excluding carboxylic acids is 1. The van der Waals surface area contributed by atoms with Gasteiger partial charge in [-0.05, 0) is 31.9 Å². The van der Waals surface area contributed by atoms with E-state index in [-0.39, 0.29) is 12.0 Å². The average molecular weight is 309 g/mol. The number of nitrogens with one attached hydrogen (secondary N) is 2. The Hall–Kier alpha value is -2.40. The highest BCUT2D eigenvalue weighted by atomic mass is 16.5. The fourth-order valence-electron chi connectivity index (χ4n) is 3.10. The number of aromatic nitrogens is 2. The molecule has 1 saturated heterocycles. The first-order chi connectivity index (χ1) is 11.2. The first-order valence-electron chi connectivity index (χ1n) is 7.99. The summed E-state index contributed by atoms with van der Waals surface area (Å²) in [7, 11) is 0. The van der Waals surface area contributed by atoms with Crippen LogP contribution in [0.5, 0.6) is 0 Å². The lowest BCUT2D eigenvalue weighted by Crippen LogP contribution is -2.31. The van der Waals surface area contributed by atoms with Crippen LogP contribution in [0, 0.1) is 6.92 Å². The van der Waals surface area contributed by atoms with E-state index in [0.29, 0.717) is 12.2 Å². The standard InChI is InChI=1S/C18H19N3O2/c1-11-4-5-12-6-7-13-9-15(21-17(13)16(12)20-11)18(22)19-10-14-3-2-8-23-14/h4-7,9,14,20H,2-3,8,10H2,1H3,(H,19,22)/t14-/m0/s1. The Morgan fingerprint density at radius 3 is 3.00 bits per heavy atom. The summed E-state index contributed by atoms with van der Waals surface area (Å²) in [6, 6.07) is 9.99. The summed E-state index contributed by atoms with van der Waals surface area (Å²) >= 11 is 0. The van der Waals surface area contributed by atoms with Gasteiger partial charge in [-0.2, -0.15) is 0 Å². The van der Waals surface area contributed by atoms with Gasteiger partial charge in [0.25, 0.3) is 5.91 Å². The highest BCUT2D eigenvalue weighted by Gasteiger charge is 2.18. The smallest absolute Gasteiger partial charge is 0.270 e. The molecule has 1 aliphatic rings. The van der Waals surface area contributed by atoms with E-state index < -0.39 is 0 Å². The van der Waals surface area contributed by atoms with Gasteiger partial charge in [0.2, 0.25) is 0 Å². The number of aromatic amines is 1. The Balaban J connectivity index is 1.63. The molecule has 118 valence electrons. The van der Waals surface area contributed by atoms with Crippen LogP contribution < -0.4 is 5.32 Å². The van der Waals surface area contributed by atoms with Gasteiger partial charge < -0.3 is 15.0 Å². The van der Waals surface area contributed by atoms with Crippen molar-refractivity contribution in [1.82, 2.24) is 15.3 Å². The molecule has 1 amide bonds. The molecule has 0 radical (unpaired) electrons. The third-order valence-corrected chi connectivity index (χ3v) is 4.35. The second kappa shape index (κ2) is 5.66. The van der Waals surface area contributed by atoms with E-state index in [1.54, 1.807) is 0 Å². The van der Waals surface area contributed by atoms with Crippen molar-refractivity contribution < 1.29 is 9.53 Å². The van der Waals surface area contributed by atoms with Crippen LogP contribution in [0.15, 0.2) is 30.3 Å². The summed E-state index contributed by atoms with van der Waals surface area (Å²) in [4.78, 5) is 20.2. The van der Waals surface area contributed by atoms with Crippen LogP contribution in [0.2, 0.25) is 0 Å². The molecule has 1 aromatic carbocycles. The summed E-state index contributed by atoms with van der Waals surface area (Å²) in [6.45, 7) is 3.35. The lowest BCUT2D eigenvalue weighted by atomic mass is 10.1. The van der Waals surface area contributed by atoms with Crippen molar-refractivity contribution in [3.63, 3.8) is 0 Å². The highest BCUT2D eigenvalue weighted by molar-refractivity contribution is 6.07. The number of fused-ring (bicyclic) bond motifs is 3. The number of amides is 1. The van der Waals surface area contributed by atoms with Gasteiger partial charge in [0.15, 0.2) is 0 Å². The van der Waals surface area contributed by atoms with E-state index in [2.05, 4.69) is 21.4 Å². The van der Waals surface area contributed by atoms with Crippen LogP contribution in [0.1, 0.15) is 29.0 Å². The molecule has 0 bridgehead atoms. The maximum absolute atomic E-state index is 12.3. The van der Waals surface area contributed by atoms with Crippen molar-refractivity contribution in [3.05, 3.63) is 41.7 Å². The van der Waals surface area contributed by atoms with E-state index in [9.17, 15) is 4.79 Å². The zero-order valence-electron chi connectivity index (χ0n) is 13.1. The van der Waals surface area contributed by atoms with Gasteiger partial charge in [0.05, 0.1) is 17.1 Å². The molecular formula is C18H19N3O2. The molecule has 1 atom stereocenters. The third-order valence-electron chi connectivity index (χ3n) is 4.35. The maximum Gasteiger partial charge on any atom is 0.270 e. The van der Waals surface area contributed by atoms with Gasteiger partial charge in [-0.3, -0.25) is 4.79 Å². The Labute approximate surface area is 134 Å². The summed E-state index contributed by atoms with van der Waals surface area (Å²) in [6.07, 6.45) is 2.22. The Kier molecular flexibility index (Phi) is 3.50. The molecule has 5 heteroatoms. The first-order valence-corrected chi connectivity index (χ1v) is 7.99. The lowest BCUT2D eigenvalue weighted by Gasteiger charge is -2.09. The van der Waals surface area contributed by atoms with Crippen LogP contribution in [-0.4, -0.2) is 35.1 Å². The number of nitrogens with zero attached hydrogens (tertiary/aromatic N) is 1. The monoisotopic (exact) mass is 309 g/mol. The van der Waals surface area contributed by atoms with Crippen LogP contribution >= 0.6 is 0 Å². The molecule has 1 fully saturated rings.